The quantitative estimate of drug-likeness (QED) is 0.213. The van der Waals surface area contributed by atoms with Crippen molar-refractivity contribution in [2.45, 2.75) is 6.92 Å². The van der Waals surface area contributed by atoms with Crippen LogP contribution in [0.25, 0.3) is 21.2 Å². The van der Waals surface area contributed by atoms with Crippen LogP contribution < -0.4 is 9.47 Å². The minimum Gasteiger partial charge on any atom is -0.497 e. The minimum atomic E-state index is 0.0230. The Labute approximate surface area is 188 Å². The molecule has 0 atom stereocenters. The van der Waals surface area contributed by atoms with Gasteiger partial charge in [0.2, 0.25) is 0 Å². The number of ketones is 1. The maximum atomic E-state index is 13.7. The fraction of sp³-hybridized carbons (Fsp3) is 0.160. The number of aryl methyl sites for hydroxylation is 1. The van der Waals surface area contributed by atoms with E-state index in [9.17, 15) is 4.79 Å². The van der Waals surface area contributed by atoms with E-state index in [2.05, 4.69) is 15.9 Å². The highest BCUT2D eigenvalue weighted by atomic mass is 79.9. The number of rotatable bonds is 7. The van der Waals surface area contributed by atoms with Gasteiger partial charge in [0.05, 0.1) is 13.7 Å². The molecule has 0 amide bonds. The molecule has 0 N–H and O–H groups in total. The first-order chi connectivity index (χ1) is 14.6. The molecule has 0 aliphatic carbocycles. The molecule has 5 heteroatoms. The lowest BCUT2D eigenvalue weighted by molar-refractivity contribution is 0.104. The molecule has 0 aliphatic rings. The van der Waals surface area contributed by atoms with Crippen LogP contribution in [0.3, 0.4) is 0 Å². The van der Waals surface area contributed by atoms with Crippen LogP contribution in [0.1, 0.15) is 21.5 Å². The lowest BCUT2D eigenvalue weighted by atomic mass is 9.90. The molecule has 0 saturated carbocycles. The van der Waals surface area contributed by atoms with Crippen LogP contribution in [0.15, 0.2) is 66.0 Å². The van der Waals surface area contributed by atoms with E-state index in [4.69, 9.17) is 9.47 Å². The number of fused-ring (bicyclic) bond motifs is 1. The van der Waals surface area contributed by atoms with Crippen LogP contribution in [-0.2, 0) is 0 Å². The Hall–Kier alpha value is -2.63. The summed E-state index contributed by atoms with van der Waals surface area (Å²) in [5.74, 6) is 1.52. The fourth-order valence-corrected chi connectivity index (χ4v) is 4.70. The van der Waals surface area contributed by atoms with Crippen molar-refractivity contribution in [1.29, 1.82) is 0 Å². The monoisotopic (exact) mass is 480 g/mol. The average molecular weight is 481 g/mol. The number of carbonyl (C=O) groups excluding carboxylic acids is 1. The van der Waals surface area contributed by atoms with Crippen molar-refractivity contribution in [2.75, 3.05) is 19.0 Å². The first kappa shape index (κ1) is 20.6. The minimum absolute atomic E-state index is 0.0230. The summed E-state index contributed by atoms with van der Waals surface area (Å²) >= 11 is 4.99. The van der Waals surface area contributed by atoms with Crippen LogP contribution in [0.5, 0.6) is 11.5 Å². The molecule has 0 fully saturated rings. The number of hydrogen-bond donors (Lipinski definition) is 0. The van der Waals surface area contributed by atoms with E-state index < -0.39 is 0 Å². The maximum Gasteiger partial charge on any atom is 0.195 e. The first-order valence-corrected chi connectivity index (χ1v) is 11.6. The van der Waals surface area contributed by atoms with Crippen molar-refractivity contribution >= 4 is 43.1 Å². The molecule has 4 aromatic rings. The number of thiophene rings is 1. The molecule has 0 bridgehead atoms. The molecule has 0 radical (unpaired) electrons. The maximum absolute atomic E-state index is 13.7. The van der Waals surface area contributed by atoms with Gasteiger partial charge in [0.15, 0.2) is 5.78 Å². The number of alkyl halides is 1. The zero-order valence-electron chi connectivity index (χ0n) is 16.8. The molecule has 3 aromatic carbocycles. The molecular formula is C25H21BrO3S. The van der Waals surface area contributed by atoms with Crippen LogP contribution >= 0.6 is 27.3 Å². The normalized spacial score (nSPS) is 10.9. The highest BCUT2D eigenvalue weighted by Gasteiger charge is 2.22. The molecule has 0 unspecified atom stereocenters. The molecule has 3 nitrogen and oxygen atoms in total. The predicted molar refractivity (Wildman–Crippen MR) is 128 cm³/mol. The van der Waals surface area contributed by atoms with Gasteiger partial charge in [-0.05, 0) is 53.9 Å². The predicted octanol–water partition coefficient (Wildman–Crippen LogP) is 6.89. The smallest absolute Gasteiger partial charge is 0.195 e. The zero-order chi connectivity index (χ0) is 21.1. The molecular weight excluding hydrogens is 460 g/mol. The summed E-state index contributed by atoms with van der Waals surface area (Å²) in [6, 6.07) is 19.7. The van der Waals surface area contributed by atoms with Gasteiger partial charge in [0, 0.05) is 31.9 Å². The van der Waals surface area contributed by atoms with Gasteiger partial charge in [-0.1, -0.05) is 46.3 Å². The van der Waals surface area contributed by atoms with Crippen molar-refractivity contribution in [3.05, 3.63) is 82.7 Å². The third-order valence-corrected chi connectivity index (χ3v) is 6.28. The van der Waals surface area contributed by atoms with E-state index in [0.29, 0.717) is 12.2 Å². The number of benzene rings is 3. The zero-order valence-corrected chi connectivity index (χ0v) is 19.2. The Balaban J connectivity index is 1.90. The lowest BCUT2D eigenvalue weighted by Gasteiger charge is -2.16. The third-order valence-electron chi connectivity index (χ3n) is 4.99. The summed E-state index contributed by atoms with van der Waals surface area (Å²) in [7, 11) is 1.64. The second kappa shape index (κ2) is 9.02. The molecule has 30 heavy (non-hydrogen) atoms. The van der Waals surface area contributed by atoms with Crippen molar-refractivity contribution in [2.24, 2.45) is 0 Å². The molecule has 152 valence electrons. The second-order valence-corrected chi connectivity index (χ2v) is 8.61. The van der Waals surface area contributed by atoms with Crippen molar-refractivity contribution in [3.8, 4) is 22.6 Å². The van der Waals surface area contributed by atoms with Crippen molar-refractivity contribution in [3.63, 3.8) is 0 Å². The van der Waals surface area contributed by atoms with Crippen LogP contribution in [0, 0.1) is 6.92 Å². The molecule has 1 aromatic heterocycles. The van der Waals surface area contributed by atoms with Gasteiger partial charge < -0.3 is 9.47 Å². The Bertz CT molecular complexity index is 1210. The second-order valence-electron chi connectivity index (χ2n) is 6.91. The summed E-state index contributed by atoms with van der Waals surface area (Å²) in [4.78, 5) is 13.7. The lowest BCUT2D eigenvalue weighted by Crippen LogP contribution is -2.07. The van der Waals surface area contributed by atoms with E-state index in [0.717, 1.165) is 49.2 Å². The molecule has 0 aliphatic heterocycles. The van der Waals surface area contributed by atoms with Crippen molar-refractivity contribution in [1.82, 2.24) is 0 Å². The number of methoxy groups -OCH3 is 1. The Morgan fingerprint density at radius 3 is 2.67 bits per heavy atom. The number of carbonyl (C=O) groups is 1. The number of halogens is 1. The van der Waals surface area contributed by atoms with Crippen LogP contribution in [0.4, 0.5) is 0 Å². The van der Waals surface area contributed by atoms with E-state index in [1.54, 1.807) is 18.4 Å². The summed E-state index contributed by atoms with van der Waals surface area (Å²) in [6.07, 6.45) is 0. The number of ether oxygens (including phenoxy) is 2. The number of hydrogen-bond acceptors (Lipinski definition) is 4. The summed E-state index contributed by atoms with van der Waals surface area (Å²) in [6.45, 7) is 2.52. The highest BCUT2D eigenvalue weighted by Crippen LogP contribution is 2.36. The van der Waals surface area contributed by atoms with Crippen LogP contribution in [0.2, 0.25) is 0 Å². The fourth-order valence-electron chi connectivity index (χ4n) is 3.60. The average Bonchev–Trinajstić information content (AvgIpc) is 3.21. The van der Waals surface area contributed by atoms with E-state index >= 15 is 0 Å². The topological polar surface area (TPSA) is 35.5 Å². The van der Waals surface area contributed by atoms with Crippen LogP contribution in [-0.4, -0.2) is 24.8 Å². The van der Waals surface area contributed by atoms with E-state index in [1.165, 1.54) is 0 Å². The van der Waals surface area contributed by atoms with Crippen molar-refractivity contribution < 1.29 is 14.3 Å². The SMILES string of the molecule is COc1cccc(-c2cc(OCCBr)cc(C)c2C(=O)c2csc3ccccc23)c1. The Morgan fingerprint density at radius 1 is 1.03 bits per heavy atom. The van der Waals surface area contributed by atoms with Gasteiger partial charge in [-0.25, -0.2) is 0 Å². The van der Waals surface area contributed by atoms with Gasteiger partial charge in [0.25, 0.3) is 0 Å². The summed E-state index contributed by atoms with van der Waals surface area (Å²) < 4.78 is 12.4. The van der Waals surface area contributed by atoms with Gasteiger partial charge >= 0.3 is 0 Å². The first-order valence-electron chi connectivity index (χ1n) is 9.61. The highest BCUT2D eigenvalue weighted by molar-refractivity contribution is 9.09. The van der Waals surface area contributed by atoms with Gasteiger partial charge in [-0.3, -0.25) is 4.79 Å². The Kier molecular flexibility index (Phi) is 6.21. The van der Waals surface area contributed by atoms with Gasteiger partial charge in [-0.15, -0.1) is 11.3 Å². The largest absolute Gasteiger partial charge is 0.497 e. The summed E-state index contributed by atoms with van der Waals surface area (Å²) in [5, 5.41) is 3.68. The van der Waals surface area contributed by atoms with Gasteiger partial charge in [0.1, 0.15) is 11.5 Å². The van der Waals surface area contributed by atoms with E-state index in [-0.39, 0.29) is 5.78 Å². The molecule has 0 saturated heterocycles. The standard InChI is InChI=1S/C25H21BrO3S/c1-16-12-19(29-11-10-26)14-21(17-6-5-7-18(13-17)28-2)24(16)25(27)22-15-30-23-9-4-3-8-20(22)23/h3-9,12-15H,10-11H2,1-2H3. The molecule has 1 heterocycles. The summed E-state index contributed by atoms with van der Waals surface area (Å²) in [5.41, 5.74) is 4.08. The van der Waals surface area contributed by atoms with Gasteiger partial charge in [-0.2, -0.15) is 0 Å². The van der Waals surface area contributed by atoms with E-state index in [1.807, 2.05) is 73.0 Å². The molecule has 0 spiro atoms. The third kappa shape index (κ3) is 4.00. The Morgan fingerprint density at radius 2 is 1.87 bits per heavy atom. The molecule has 4 rings (SSSR count).